The molecule has 0 aliphatic carbocycles. The molecule has 0 spiro atoms. The van der Waals surface area contributed by atoms with Crippen LogP contribution in [-0.4, -0.2) is 9.13 Å². The molecular formula is C34H46N4. The lowest BCUT2D eigenvalue weighted by Crippen LogP contribution is -2.12. The number of nitrogens with zero attached hydrogens (tertiary/aromatic N) is 2. The Morgan fingerprint density at radius 1 is 0.474 bits per heavy atom. The maximum Gasteiger partial charge on any atom is 0.0650 e. The van der Waals surface area contributed by atoms with E-state index in [1.54, 1.807) is 0 Å². The van der Waals surface area contributed by atoms with Crippen molar-refractivity contribution in [2.24, 2.45) is 0 Å². The smallest absolute Gasteiger partial charge is 0.0650 e. The van der Waals surface area contributed by atoms with Gasteiger partial charge in [-0.3, -0.25) is 0 Å². The maximum absolute atomic E-state index is 8.23. The fraction of sp³-hybridized carbons (Fsp3) is 0.471. The Kier molecular flexibility index (Phi) is 10.4. The second-order valence-electron chi connectivity index (χ2n) is 11.0. The van der Waals surface area contributed by atoms with Crippen molar-refractivity contribution in [3.8, 4) is 0 Å². The molecule has 0 fully saturated rings. The molecule has 0 bridgehead atoms. The van der Waals surface area contributed by atoms with E-state index in [1.807, 2.05) is 24.3 Å². The van der Waals surface area contributed by atoms with Crippen LogP contribution in [0.5, 0.6) is 0 Å². The molecule has 0 saturated heterocycles. The minimum absolute atomic E-state index is 0.633. The molecule has 0 aliphatic heterocycles. The van der Waals surface area contributed by atoms with Gasteiger partial charge in [-0.15, -0.1) is 0 Å². The molecular weight excluding hydrogens is 464 g/mol. The molecule has 0 unspecified atom stereocenters. The Morgan fingerprint density at radius 2 is 0.789 bits per heavy atom. The topological polar surface area (TPSA) is 57.6 Å². The fourth-order valence-corrected chi connectivity index (χ4v) is 5.88. The van der Waals surface area contributed by atoms with Gasteiger partial charge in [-0.05, 0) is 51.0 Å². The lowest BCUT2D eigenvalue weighted by molar-refractivity contribution is 0.519. The fourth-order valence-electron chi connectivity index (χ4n) is 5.88. The summed E-state index contributed by atoms with van der Waals surface area (Å²) in [5, 5.41) is 19.8. The normalized spacial score (nSPS) is 11.5. The molecule has 4 nitrogen and oxygen atoms in total. The van der Waals surface area contributed by atoms with Crippen LogP contribution in [0.25, 0.3) is 21.8 Å². The number of unbranched alkanes of at least 4 members (excludes halogenated alkanes) is 11. The number of hydrogen-bond donors (Lipinski definition) is 2. The number of para-hydroxylation sites is 2. The Hall–Kier alpha value is -3.14. The van der Waals surface area contributed by atoms with Crippen molar-refractivity contribution in [2.75, 3.05) is 0 Å². The third-order valence-electron chi connectivity index (χ3n) is 8.04. The Balaban J connectivity index is 1.03. The Labute approximate surface area is 228 Å². The molecule has 0 aliphatic rings. The Bertz CT molecular complexity index is 1330. The highest BCUT2D eigenvalue weighted by Gasteiger charge is 2.05. The number of rotatable bonds is 15. The molecule has 202 valence electrons. The lowest BCUT2D eigenvalue weighted by atomic mass is 10.0. The van der Waals surface area contributed by atoms with E-state index in [4.69, 9.17) is 10.8 Å². The standard InChI is InChI=1S/C34H46N4/c1-27-25-31(35)29-19-13-15-21-33(29)37(27)23-17-11-9-7-5-3-4-6-8-10-12-18-24-38-28(2)26-32(36)30-20-14-16-22-34(30)38/h13-16,19-22,25-26,35-36H,3-12,17-18,23-24H2,1-2H3. The molecule has 2 N–H and O–H groups in total. The van der Waals surface area contributed by atoms with E-state index < -0.39 is 0 Å². The van der Waals surface area contributed by atoms with E-state index in [1.165, 1.54) is 99.5 Å². The molecule has 0 amide bonds. The number of aromatic nitrogens is 2. The molecule has 0 atom stereocenters. The molecule has 38 heavy (non-hydrogen) atoms. The van der Waals surface area contributed by atoms with Crippen LogP contribution in [0.15, 0.2) is 60.7 Å². The summed E-state index contributed by atoms with van der Waals surface area (Å²) in [5.41, 5.74) is 4.78. The van der Waals surface area contributed by atoms with Crippen LogP contribution in [-0.2, 0) is 13.1 Å². The minimum atomic E-state index is 0.633. The van der Waals surface area contributed by atoms with Crippen molar-refractivity contribution < 1.29 is 0 Å². The van der Waals surface area contributed by atoms with Gasteiger partial charge in [0.15, 0.2) is 0 Å². The molecule has 4 heteroatoms. The second kappa shape index (κ2) is 14.1. The summed E-state index contributed by atoms with van der Waals surface area (Å²) in [6.07, 6.45) is 15.9. The zero-order valence-electron chi connectivity index (χ0n) is 23.6. The van der Waals surface area contributed by atoms with Crippen molar-refractivity contribution in [1.82, 2.24) is 9.13 Å². The largest absolute Gasteiger partial charge is 0.345 e. The SMILES string of the molecule is Cc1cc(=N)c2ccccc2n1CCCCCCCCCCCCCCn1c(C)cc(=N)c2ccccc21. The van der Waals surface area contributed by atoms with Gasteiger partial charge in [0.05, 0.1) is 21.7 Å². The van der Waals surface area contributed by atoms with E-state index in [9.17, 15) is 0 Å². The molecule has 2 heterocycles. The van der Waals surface area contributed by atoms with E-state index in [0.29, 0.717) is 10.7 Å². The first-order valence-electron chi connectivity index (χ1n) is 14.8. The van der Waals surface area contributed by atoms with Crippen LogP contribution in [0.4, 0.5) is 0 Å². The number of fused-ring (bicyclic) bond motifs is 2. The van der Waals surface area contributed by atoms with E-state index in [-0.39, 0.29) is 0 Å². The first-order chi connectivity index (χ1) is 18.6. The monoisotopic (exact) mass is 510 g/mol. The predicted molar refractivity (Wildman–Crippen MR) is 160 cm³/mol. The highest BCUT2D eigenvalue weighted by molar-refractivity contribution is 5.79. The zero-order chi connectivity index (χ0) is 26.7. The van der Waals surface area contributed by atoms with Crippen molar-refractivity contribution in [3.05, 3.63) is 82.8 Å². The van der Waals surface area contributed by atoms with Gasteiger partial charge in [-0.25, -0.2) is 0 Å². The first kappa shape index (κ1) is 27.9. The van der Waals surface area contributed by atoms with Gasteiger partial charge in [0.2, 0.25) is 0 Å². The molecule has 2 aromatic carbocycles. The highest BCUT2D eigenvalue weighted by atomic mass is 15.0. The van der Waals surface area contributed by atoms with Gasteiger partial charge in [-0.2, -0.15) is 0 Å². The highest BCUT2D eigenvalue weighted by Crippen LogP contribution is 2.17. The summed E-state index contributed by atoms with van der Waals surface area (Å²) in [6.45, 7) is 6.36. The van der Waals surface area contributed by atoms with Crippen LogP contribution in [0.3, 0.4) is 0 Å². The molecule has 0 saturated carbocycles. The summed E-state index contributed by atoms with van der Waals surface area (Å²) >= 11 is 0. The van der Waals surface area contributed by atoms with Crippen LogP contribution in [0.1, 0.15) is 88.4 Å². The van der Waals surface area contributed by atoms with Crippen molar-refractivity contribution in [2.45, 2.75) is 104 Å². The van der Waals surface area contributed by atoms with E-state index in [0.717, 1.165) is 23.9 Å². The summed E-state index contributed by atoms with van der Waals surface area (Å²) in [4.78, 5) is 0. The van der Waals surface area contributed by atoms with Gasteiger partial charge < -0.3 is 20.0 Å². The second-order valence-corrected chi connectivity index (χ2v) is 11.0. The van der Waals surface area contributed by atoms with Gasteiger partial charge in [0.25, 0.3) is 0 Å². The van der Waals surface area contributed by atoms with Crippen LogP contribution >= 0.6 is 0 Å². The number of hydrogen-bond acceptors (Lipinski definition) is 2. The molecule has 0 radical (unpaired) electrons. The zero-order valence-corrected chi connectivity index (χ0v) is 23.6. The maximum atomic E-state index is 8.23. The lowest BCUT2D eigenvalue weighted by Gasteiger charge is -2.15. The van der Waals surface area contributed by atoms with Gasteiger partial charge >= 0.3 is 0 Å². The quantitative estimate of drug-likeness (QED) is 0.151. The third kappa shape index (κ3) is 7.24. The van der Waals surface area contributed by atoms with Crippen molar-refractivity contribution in [1.29, 1.82) is 10.8 Å². The first-order valence-corrected chi connectivity index (χ1v) is 14.8. The number of pyridine rings is 2. The number of nitrogens with one attached hydrogen (secondary N) is 2. The van der Waals surface area contributed by atoms with Crippen LogP contribution in [0, 0.1) is 24.7 Å². The molecule has 4 aromatic rings. The molecule has 2 aromatic heterocycles. The van der Waals surface area contributed by atoms with E-state index >= 15 is 0 Å². The van der Waals surface area contributed by atoms with Gasteiger partial charge in [0, 0.05) is 35.2 Å². The average Bonchev–Trinajstić information content (AvgIpc) is 2.92. The summed E-state index contributed by atoms with van der Waals surface area (Å²) < 4.78 is 4.78. The van der Waals surface area contributed by atoms with Gasteiger partial charge in [-0.1, -0.05) is 101 Å². The van der Waals surface area contributed by atoms with E-state index in [2.05, 4.69) is 59.4 Å². The summed E-state index contributed by atoms with van der Waals surface area (Å²) in [5.74, 6) is 0. The van der Waals surface area contributed by atoms with Crippen molar-refractivity contribution >= 4 is 21.8 Å². The van der Waals surface area contributed by atoms with Gasteiger partial charge in [0.1, 0.15) is 0 Å². The average molecular weight is 511 g/mol. The number of benzene rings is 2. The van der Waals surface area contributed by atoms with Crippen LogP contribution < -0.4 is 10.7 Å². The Morgan fingerprint density at radius 3 is 1.16 bits per heavy atom. The number of aryl methyl sites for hydroxylation is 4. The summed E-state index contributed by atoms with van der Waals surface area (Å²) in [7, 11) is 0. The minimum Gasteiger partial charge on any atom is -0.345 e. The predicted octanol–water partition coefficient (Wildman–Crippen LogP) is 8.55. The van der Waals surface area contributed by atoms with Crippen molar-refractivity contribution in [3.63, 3.8) is 0 Å². The summed E-state index contributed by atoms with van der Waals surface area (Å²) in [6, 6.07) is 20.7. The third-order valence-corrected chi connectivity index (χ3v) is 8.04. The molecule has 4 rings (SSSR count). The van der Waals surface area contributed by atoms with Crippen LogP contribution in [0.2, 0.25) is 0 Å².